The Balaban J connectivity index is 2.06. The predicted octanol–water partition coefficient (Wildman–Crippen LogP) is 3.65. The minimum Gasteiger partial charge on any atom is -0.466 e. The first-order chi connectivity index (χ1) is 10.3. The van der Waals surface area contributed by atoms with Crippen LogP contribution in [-0.2, 0) is 16.1 Å². The van der Waals surface area contributed by atoms with Crippen LogP contribution in [0.3, 0.4) is 0 Å². The number of anilines is 1. The maximum atomic E-state index is 11.6. The topological polar surface area (TPSA) is 29.5 Å². The molecule has 0 fully saturated rings. The summed E-state index contributed by atoms with van der Waals surface area (Å²) in [6, 6.07) is 20.4. The molecule has 0 unspecified atom stereocenters. The molecule has 0 heterocycles. The SMILES string of the molecule is CCOC(=O)CCN(Cc1ccccc1)c1ccccc1. The van der Waals surface area contributed by atoms with Crippen LogP contribution in [0.1, 0.15) is 18.9 Å². The van der Waals surface area contributed by atoms with Crippen molar-refractivity contribution in [2.24, 2.45) is 0 Å². The quantitative estimate of drug-likeness (QED) is 0.726. The Kier molecular flexibility index (Phi) is 5.83. The lowest BCUT2D eigenvalue weighted by Crippen LogP contribution is -2.26. The van der Waals surface area contributed by atoms with Gasteiger partial charge in [0.1, 0.15) is 0 Å². The van der Waals surface area contributed by atoms with Crippen LogP contribution in [0, 0.1) is 0 Å². The summed E-state index contributed by atoms with van der Waals surface area (Å²) in [5, 5.41) is 0. The molecule has 3 heteroatoms. The van der Waals surface area contributed by atoms with Gasteiger partial charge in [-0.05, 0) is 24.6 Å². The number of carbonyl (C=O) groups excluding carboxylic acids is 1. The molecule has 3 nitrogen and oxygen atoms in total. The molecule has 0 saturated heterocycles. The summed E-state index contributed by atoms with van der Waals surface area (Å²) in [5.74, 6) is -0.147. The highest BCUT2D eigenvalue weighted by molar-refractivity contribution is 5.70. The van der Waals surface area contributed by atoms with E-state index in [1.165, 1.54) is 5.56 Å². The second-order valence-corrected chi connectivity index (χ2v) is 4.80. The van der Waals surface area contributed by atoms with E-state index in [9.17, 15) is 4.79 Å². The number of benzene rings is 2. The molecular formula is C18H21NO2. The van der Waals surface area contributed by atoms with Crippen LogP contribution in [0.15, 0.2) is 60.7 Å². The van der Waals surface area contributed by atoms with E-state index in [-0.39, 0.29) is 5.97 Å². The highest BCUT2D eigenvalue weighted by Gasteiger charge is 2.10. The number of para-hydroxylation sites is 1. The third kappa shape index (κ3) is 4.95. The van der Waals surface area contributed by atoms with Crippen molar-refractivity contribution in [2.75, 3.05) is 18.1 Å². The first-order valence-electron chi connectivity index (χ1n) is 7.29. The number of carbonyl (C=O) groups is 1. The van der Waals surface area contributed by atoms with Crippen molar-refractivity contribution >= 4 is 11.7 Å². The molecule has 21 heavy (non-hydrogen) atoms. The van der Waals surface area contributed by atoms with Crippen molar-refractivity contribution in [3.8, 4) is 0 Å². The smallest absolute Gasteiger partial charge is 0.307 e. The molecule has 0 radical (unpaired) electrons. The first kappa shape index (κ1) is 15.1. The summed E-state index contributed by atoms with van der Waals surface area (Å²) in [4.78, 5) is 13.8. The van der Waals surface area contributed by atoms with Crippen molar-refractivity contribution < 1.29 is 9.53 Å². The van der Waals surface area contributed by atoms with Crippen molar-refractivity contribution in [1.82, 2.24) is 0 Å². The fourth-order valence-corrected chi connectivity index (χ4v) is 2.20. The van der Waals surface area contributed by atoms with Crippen LogP contribution in [0.4, 0.5) is 5.69 Å². The average molecular weight is 283 g/mol. The van der Waals surface area contributed by atoms with Gasteiger partial charge >= 0.3 is 5.97 Å². The van der Waals surface area contributed by atoms with E-state index in [2.05, 4.69) is 29.2 Å². The normalized spacial score (nSPS) is 10.1. The maximum Gasteiger partial charge on any atom is 0.307 e. The fraction of sp³-hybridized carbons (Fsp3) is 0.278. The largest absolute Gasteiger partial charge is 0.466 e. The highest BCUT2D eigenvalue weighted by atomic mass is 16.5. The zero-order valence-corrected chi connectivity index (χ0v) is 12.4. The van der Waals surface area contributed by atoms with E-state index >= 15 is 0 Å². The number of hydrogen-bond acceptors (Lipinski definition) is 3. The molecule has 2 rings (SSSR count). The van der Waals surface area contributed by atoms with Crippen LogP contribution < -0.4 is 4.90 Å². The lowest BCUT2D eigenvalue weighted by molar-refractivity contribution is -0.142. The molecule has 2 aromatic carbocycles. The summed E-state index contributed by atoms with van der Waals surface area (Å²) in [6.07, 6.45) is 0.398. The molecule has 0 bridgehead atoms. The third-order valence-electron chi connectivity index (χ3n) is 3.23. The Hall–Kier alpha value is -2.29. The second kappa shape index (κ2) is 8.10. The molecule has 0 aromatic heterocycles. The monoisotopic (exact) mass is 283 g/mol. The molecule has 0 atom stereocenters. The first-order valence-corrected chi connectivity index (χ1v) is 7.29. The van der Waals surface area contributed by atoms with E-state index < -0.39 is 0 Å². The standard InChI is InChI=1S/C18H21NO2/c1-2-21-18(20)13-14-19(17-11-7-4-8-12-17)15-16-9-5-3-6-10-16/h3-12H,2,13-15H2,1H3. The van der Waals surface area contributed by atoms with Crippen molar-refractivity contribution in [3.05, 3.63) is 66.2 Å². The Morgan fingerprint density at radius 2 is 1.62 bits per heavy atom. The number of ether oxygens (including phenoxy) is 1. The maximum absolute atomic E-state index is 11.6. The summed E-state index contributed by atoms with van der Waals surface area (Å²) < 4.78 is 5.01. The lowest BCUT2D eigenvalue weighted by atomic mass is 10.2. The Morgan fingerprint density at radius 3 is 2.24 bits per heavy atom. The van der Waals surface area contributed by atoms with Gasteiger partial charge in [-0.1, -0.05) is 48.5 Å². The second-order valence-electron chi connectivity index (χ2n) is 4.80. The number of rotatable bonds is 7. The van der Waals surface area contributed by atoms with Gasteiger partial charge in [0.2, 0.25) is 0 Å². The number of hydrogen-bond donors (Lipinski definition) is 0. The minimum atomic E-state index is -0.147. The summed E-state index contributed by atoms with van der Waals surface area (Å²) in [7, 11) is 0. The number of nitrogens with zero attached hydrogens (tertiary/aromatic N) is 1. The molecule has 0 amide bonds. The van der Waals surface area contributed by atoms with Crippen LogP contribution in [0.2, 0.25) is 0 Å². The Bertz CT molecular complexity index is 540. The molecule has 0 aliphatic rings. The summed E-state index contributed by atoms with van der Waals surface area (Å²) >= 11 is 0. The van der Waals surface area contributed by atoms with E-state index in [1.54, 1.807) is 0 Å². The molecule has 0 aliphatic carbocycles. The number of esters is 1. The van der Waals surface area contributed by atoms with E-state index in [0.29, 0.717) is 19.6 Å². The molecular weight excluding hydrogens is 262 g/mol. The Morgan fingerprint density at radius 1 is 1.00 bits per heavy atom. The van der Waals surface area contributed by atoms with Gasteiger partial charge in [-0.3, -0.25) is 4.79 Å². The van der Waals surface area contributed by atoms with Crippen LogP contribution in [-0.4, -0.2) is 19.1 Å². The lowest BCUT2D eigenvalue weighted by Gasteiger charge is -2.24. The van der Waals surface area contributed by atoms with Crippen LogP contribution in [0.5, 0.6) is 0 Å². The molecule has 0 N–H and O–H groups in total. The highest BCUT2D eigenvalue weighted by Crippen LogP contribution is 2.17. The van der Waals surface area contributed by atoms with E-state index in [0.717, 1.165) is 12.2 Å². The molecule has 0 aliphatic heterocycles. The van der Waals surface area contributed by atoms with Crippen LogP contribution in [0.25, 0.3) is 0 Å². The van der Waals surface area contributed by atoms with Gasteiger partial charge in [-0.25, -0.2) is 0 Å². The van der Waals surface area contributed by atoms with Crippen molar-refractivity contribution in [1.29, 1.82) is 0 Å². The average Bonchev–Trinajstić information content (AvgIpc) is 2.53. The predicted molar refractivity (Wildman–Crippen MR) is 85.2 cm³/mol. The minimum absolute atomic E-state index is 0.147. The van der Waals surface area contributed by atoms with Crippen molar-refractivity contribution in [2.45, 2.75) is 19.9 Å². The van der Waals surface area contributed by atoms with Crippen molar-refractivity contribution in [3.63, 3.8) is 0 Å². The zero-order chi connectivity index (χ0) is 14.9. The van der Waals surface area contributed by atoms with Gasteiger partial charge < -0.3 is 9.64 Å². The molecule has 2 aromatic rings. The third-order valence-corrected chi connectivity index (χ3v) is 3.23. The van der Waals surface area contributed by atoms with Crippen LogP contribution >= 0.6 is 0 Å². The Labute approximate surface area is 126 Å². The molecule has 0 saturated carbocycles. The summed E-state index contributed by atoms with van der Waals surface area (Å²) in [6.45, 7) is 3.70. The van der Waals surface area contributed by atoms with E-state index in [1.807, 2.05) is 43.3 Å². The van der Waals surface area contributed by atoms with Gasteiger partial charge in [0.05, 0.1) is 13.0 Å². The van der Waals surface area contributed by atoms with Gasteiger partial charge in [-0.2, -0.15) is 0 Å². The molecule has 110 valence electrons. The summed E-state index contributed by atoms with van der Waals surface area (Å²) in [5.41, 5.74) is 2.34. The fourth-order valence-electron chi connectivity index (χ4n) is 2.20. The van der Waals surface area contributed by atoms with Gasteiger partial charge in [-0.15, -0.1) is 0 Å². The van der Waals surface area contributed by atoms with Gasteiger partial charge in [0, 0.05) is 18.8 Å². The van der Waals surface area contributed by atoms with E-state index in [4.69, 9.17) is 4.74 Å². The zero-order valence-electron chi connectivity index (χ0n) is 12.4. The molecule has 0 spiro atoms. The van der Waals surface area contributed by atoms with Gasteiger partial charge in [0.15, 0.2) is 0 Å². The van der Waals surface area contributed by atoms with Gasteiger partial charge in [0.25, 0.3) is 0 Å².